The highest BCUT2D eigenvalue weighted by Gasteiger charge is 2.07. The summed E-state index contributed by atoms with van der Waals surface area (Å²) in [6.45, 7) is 6.02. The lowest BCUT2D eigenvalue weighted by Crippen LogP contribution is -2.06. The summed E-state index contributed by atoms with van der Waals surface area (Å²) < 4.78 is 0. The maximum Gasteiger partial charge on any atom is 0.0900 e. The zero-order valence-electron chi connectivity index (χ0n) is 6.51. The second kappa shape index (κ2) is 2.68. The molecule has 1 atom stereocenters. The van der Waals surface area contributed by atoms with Gasteiger partial charge in [0.2, 0.25) is 0 Å². The zero-order chi connectivity index (χ0) is 7.72. The fourth-order valence-electron chi connectivity index (χ4n) is 0.967. The van der Waals surface area contributed by atoms with Crippen LogP contribution < -0.4 is 5.73 Å². The van der Waals surface area contributed by atoms with Crippen molar-refractivity contribution in [1.82, 2.24) is 4.98 Å². The Labute approximate surface area is 65.1 Å². The third-order valence-corrected chi connectivity index (χ3v) is 2.27. The fourth-order valence-corrected chi connectivity index (χ4v) is 1.89. The molecule has 2 N–H and O–H groups in total. The third-order valence-electron chi connectivity index (χ3n) is 1.37. The van der Waals surface area contributed by atoms with E-state index in [2.05, 4.69) is 11.9 Å². The van der Waals surface area contributed by atoms with Crippen molar-refractivity contribution in [3.63, 3.8) is 0 Å². The van der Waals surface area contributed by atoms with Gasteiger partial charge in [-0.15, -0.1) is 11.3 Å². The molecule has 56 valence electrons. The van der Waals surface area contributed by atoms with Crippen LogP contribution in [0.2, 0.25) is 0 Å². The molecule has 0 fully saturated rings. The highest BCUT2D eigenvalue weighted by Crippen LogP contribution is 2.20. The van der Waals surface area contributed by atoms with Crippen molar-refractivity contribution >= 4 is 11.3 Å². The molecule has 1 rings (SSSR count). The summed E-state index contributed by atoms with van der Waals surface area (Å²) in [5.41, 5.74) is 6.72. The first-order valence-corrected chi connectivity index (χ1v) is 4.12. The molecule has 0 aromatic carbocycles. The number of rotatable bonds is 1. The molecule has 1 aromatic heterocycles. The average molecular weight is 156 g/mol. The van der Waals surface area contributed by atoms with Gasteiger partial charge in [0.1, 0.15) is 0 Å². The zero-order valence-corrected chi connectivity index (χ0v) is 7.33. The van der Waals surface area contributed by atoms with Crippen molar-refractivity contribution in [1.29, 1.82) is 0 Å². The molecule has 1 heterocycles. The smallest absolute Gasteiger partial charge is 0.0900 e. The quantitative estimate of drug-likeness (QED) is 0.673. The molecule has 1 aromatic rings. The molecular formula is C7H12N2S. The molecule has 0 saturated carbocycles. The van der Waals surface area contributed by atoms with E-state index < -0.39 is 0 Å². The van der Waals surface area contributed by atoms with E-state index in [1.54, 1.807) is 11.3 Å². The van der Waals surface area contributed by atoms with E-state index in [1.807, 2.05) is 13.8 Å². The molecule has 3 heteroatoms. The van der Waals surface area contributed by atoms with Gasteiger partial charge in [0.15, 0.2) is 0 Å². The molecule has 0 bridgehead atoms. The van der Waals surface area contributed by atoms with Gasteiger partial charge in [0, 0.05) is 10.9 Å². The topological polar surface area (TPSA) is 38.9 Å². The number of nitrogens with zero attached hydrogens (tertiary/aromatic N) is 1. The van der Waals surface area contributed by atoms with Gasteiger partial charge in [-0.05, 0) is 20.8 Å². The molecule has 0 amide bonds. The van der Waals surface area contributed by atoms with Crippen molar-refractivity contribution in [2.75, 3.05) is 0 Å². The molecular weight excluding hydrogens is 144 g/mol. The van der Waals surface area contributed by atoms with Gasteiger partial charge in [-0.3, -0.25) is 0 Å². The minimum atomic E-state index is 0.0740. The summed E-state index contributed by atoms with van der Waals surface area (Å²) in [5.74, 6) is 0. The van der Waals surface area contributed by atoms with Crippen LogP contribution in [0.25, 0.3) is 0 Å². The minimum absolute atomic E-state index is 0.0740. The first-order chi connectivity index (χ1) is 4.61. The first-order valence-electron chi connectivity index (χ1n) is 3.30. The maximum absolute atomic E-state index is 5.67. The van der Waals surface area contributed by atoms with Crippen molar-refractivity contribution in [3.05, 3.63) is 15.6 Å². The Morgan fingerprint density at radius 2 is 2.10 bits per heavy atom. The Bertz CT molecular complexity index is 228. The predicted octanol–water partition coefficient (Wildman–Crippen LogP) is 1.78. The van der Waals surface area contributed by atoms with E-state index in [0.29, 0.717) is 0 Å². The fraction of sp³-hybridized carbons (Fsp3) is 0.571. The lowest BCUT2D eigenvalue weighted by molar-refractivity contribution is 0.779. The highest BCUT2D eigenvalue weighted by atomic mass is 32.1. The van der Waals surface area contributed by atoms with Gasteiger partial charge in [-0.1, -0.05) is 0 Å². The number of thiazole rings is 1. The first kappa shape index (κ1) is 7.69. The Morgan fingerprint density at radius 1 is 1.50 bits per heavy atom. The van der Waals surface area contributed by atoms with Crippen LogP contribution >= 0.6 is 11.3 Å². The normalized spacial score (nSPS) is 13.6. The maximum atomic E-state index is 5.67. The summed E-state index contributed by atoms with van der Waals surface area (Å²) in [6.07, 6.45) is 0. The lowest BCUT2D eigenvalue weighted by Gasteiger charge is -1.99. The van der Waals surface area contributed by atoms with Crippen LogP contribution in [-0.4, -0.2) is 4.98 Å². The van der Waals surface area contributed by atoms with Gasteiger partial charge >= 0.3 is 0 Å². The van der Waals surface area contributed by atoms with Crippen LogP contribution in [0.15, 0.2) is 0 Å². The SMILES string of the molecule is Cc1nc([C@@H](C)N)c(C)s1. The van der Waals surface area contributed by atoms with Crippen molar-refractivity contribution in [2.24, 2.45) is 5.73 Å². The monoisotopic (exact) mass is 156 g/mol. The summed E-state index contributed by atoms with van der Waals surface area (Å²) in [7, 11) is 0. The van der Waals surface area contributed by atoms with Crippen LogP contribution in [0, 0.1) is 13.8 Å². The standard InChI is InChI=1S/C7H12N2S/c1-4(8)7-5(2)10-6(3)9-7/h4H,8H2,1-3H3/t4-/m1/s1. The van der Waals surface area contributed by atoms with Gasteiger partial charge in [-0.2, -0.15) is 0 Å². The van der Waals surface area contributed by atoms with Crippen molar-refractivity contribution in [2.45, 2.75) is 26.8 Å². The Morgan fingerprint density at radius 3 is 2.30 bits per heavy atom. The molecule has 0 spiro atoms. The van der Waals surface area contributed by atoms with Gasteiger partial charge in [-0.25, -0.2) is 4.98 Å². The van der Waals surface area contributed by atoms with Crippen molar-refractivity contribution in [3.8, 4) is 0 Å². The largest absolute Gasteiger partial charge is 0.323 e. The summed E-state index contributed by atoms with van der Waals surface area (Å²) in [4.78, 5) is 5.55. The number of hydrogen-bond acceptors (Lipinski definition) is 3. The van der Waals surface area contributed by atoms with Crippen LogP contribution in [-0.2, 0) is 0 Å². The van der Waals surface area contributed by atoms with E-state index in [-0.39, 0.29) is 6.04 Å². The number of hydrogen-bond donors (Lipinski definition) is 1. The minimum Gasteiger partial charge on any atom is -0.323 e. The molecule has 0 aliphatic carbocycles. The van der Waals surface area contributed by atoms with Crippen LogP contribution in [0.3, 0.4) is 0 Å². The van der Waals surface area contributed by atoms with Gasteiger partial charge < -0.3 is 5.73 Å². The highest BCUT2D eigenvalue weighted by molar-refractivity contribution is 7.11. The molecule has 0 aliphatic heterocycles. The second-order valence-electron chi connectivity index (χ2n) is 2.46. The molecule has 10 heavy (non-hydrogen) atoms. The average Bonchev–Trinajstić information content (AvgIpc) is 2.10. The number of nitrogens with two attached hydrogens (primary N) is 1. The third kappa shape index (κ3) is 1.36. The summed E-state index contributed by atoms with van der Waals surface area (Å²) in [5, 5.41) is 1.10. The Balaban J connectivity index is 3.03. The summed E-state index contributed by atoms with van der Waals surface area (Å²) in [6, 6.07) is 0.0740. The van der Waals surface area contributed by atoms with Crippen LogP contribution in [0.1, 0.15) is 28.5 Å². The van der Waals surface area contributed by atoms with E-state index in [1.165, 1.54) is 4.88 Å². The molecule has 2 nitrogen and oxygen atoms in total. The lowest BCUT2D eigenvalue weighted by atomic mass is 10.2. The Hall–Kier alpha value is -0.410. The molecule has 0 saturated heterocycles. The number of aryl methyl sites for hydroxylation is 2. The summed E-state index contributed by atoms with van der Waals surface area (Å²) >= 11 is 1.71. The van der Waals surface area contributed by atoms with Gasteiger partial charge in [0.05, 0.1) is 10.7 Å². The van der Waals surface area contributed by atoms with Gasteiger partial charge in [0.25, 0.3) is 0 Å². The Kier molecular flexibility index (Phi) is 2.06. The molecule has 0 unspecified atom stereocenters. The van der Waals surface area contributed by atoms with E-state index in [9.17, 15) is 0 Å². The molecule has 0 aliphatic rings. The molecule has 0 radical (unpaired) electrons. The van der Waals surface area contributed by atoms with Crippen LogP contribution in [0.5, 0.6) is 0 Å². The second-order valence-corrected chi connectivity index (χ2v) is 3.87. The van der Waals surface area contributed by atoms with Crippen LogP contribution in [0.4, 0.5) is 0 Å². The van der Waals surface area contributed by atoms with Crippen molar-refractivity contribution < 1.29 is 0 Å². The van der Waals surface area contributed by atoms with E-state index in [0.717, 1.165) is 10.7 Å². The van der Waals surface area contributed by atoms with E-state index in [4.69, 9.17) is 5.73 Å². The predicted molar refractivity (Wildman–Crippen MR) is 44.2 cm³/mol. The van der Waals surface area contributed by atoms with E-state index >= 15 is 0 Å². The number of aromatic nitrogens is 1.